The third kappa shape index (κ3) is 2.76. The second-order valence-corrected chi connectivity index (χ2v) is 9.37. The highest BCUT2D eigenvalue weighted by Gasteiger charge is 2.46. The van der Waals surface area contributed by atoms with Crippen LogP contribution in [0.5, 0.6) is 0 Å². The van der Waals surface area contributed by atoms with E-state index in [-0.39, 0.29) is 16.7 Å². The fourth-order valence-electron chi connectivity index (χ4n) is 6.22. The van der Waals surface area contributed by atoms with E-state index in [2.05, 4.69) is 15.0 Å². The molecule has 0 fully saturated rings. The predicted octanol–water partition coefficient (Wildman–Crippen LogP) is 5.36. The van der Waals surface area contributed by atoms with Crippen LogP contribution in [0.25, 0.3) is 50.5 Å². The van der Waals surface area contributed by atoms with Crippen LogP contribution in [0.15, 0.2) is 71.7 Å². The minimum Gasteiger partial charge on any atom is -0.256 e. The lowest BCUT2D eigenvalue weighted by atomic mass is 9.83. The summed E-state index contributed by atoms with van der Waals surface area (Å²) in [5, 5.41) is 60.5. The van der Waals surface area contributed by atoms with Crippen molar-refractivity contribution >= 4 is 16.7 Å². The molecule has 4 aromatic rings. The van der Waals surface area contributed by atoms with Gasteiger partial charge in [0.05, 0.1) is 17.1 Å². The topological polar surface area (TPSA) is 181 Å². The second-order valence-electron chi connectivity index (χ2n) is 9.37. The molecule has 0 unspecified atom stereocenters. The first kappa shape index (κ1) is 23.9. The largest absolute Gasteiger partial charge is 0.256 e. The lowest BCUT2D eigenvalue weighted by molar-refractivity contribution is 1.31. The molecule has 7 rings (SSSR count). The van der Waals surface area contributed by atoms with Gasteiger partial charge in [0.15, 0.2) is 0 Å². The highest BCUT2D eigenvalue weighted by Crippen LogP contribution is 2.63. The fourth-order valence-corrected chi connectivity index (χ4v) is 6.22. The van der Waals surface area contributed by atoms with Crippen molar-refractivity contribution in [3.8, 4) is 70.2 Å². The molecule has 3 aliphatic rings. The maximum absolute atomic E-state index is 10.1. The Morgan fingerprint density at radius 3 is 0.905 bits per heavy atom. The van der Waals surface area contributed by atoms with Gasteiger partial charge in [0.1, 0.15) is 53.1 Å². The van der Waals surface area contributed by atoms with E-state index in [1.165, 1.54) is 0 Å². The summed E-state index contributed by atoms with van der Waals surface area (Å²) in [6.45, 7) is 0. The Morgan fingerprint density at radius 2 is 0.667 bits per heavy atom. The van der Waals surface area contributed by atoms with Gasteiger partial charge in [-0.2, -0.15) is 31.6 Å². The van der Waals surface area contributed by atoms with Crippen LogP contribution >= 0.6 is 0 Å². The first-order valence-corrected chi connectivity index (χ1v) is 12.4. The standard InChI is InChI=1S/C33H9N9/c34-10-16(11-35)22-19-4-1-7-40-31(19)28-25(22)29-27(24(18(14-38)15-39)21-6-3-8-41-32(21)29)30-26(28)23(17(12-36)13-37)20-5-2-9-42-33(20)30/h1-9H. The minimum absolute atomic E-state index is 0.166. The zero-order valence-electron chi connectivity index (χ0n) is 21.2. The monoisotopic (exact) mass is 531 g/mol. The Morgan fingerprint density at radius 1 is 0.405 bits per heavy atom. The maximum Gasteiger partial charge on any atom is 0.138 e. The third-order valence-electron chi connectivity index (χ3n) is 7.61. The van der Waals surface area contributed by atoms with Gasteiger partial charge in [0.25, 0.3) is 0 Å². The number of benzene rings is 1. The molecule has 0 saturated heterocycles. The van der Waals surface area contributed by atoms with E-state index in [1.807, 2.05) is 36.4 Å². The van der Waals surface area contributed by atoms with Crippen molar-refractivity contribution in [1.29, 1.82) is 31.6 Å². The summed E-state index contributed by atoms with van der Waals surface area (Å²) >= 11 is 0. The Bertz CT molecular complexity index is 2030. The number of hydrogen-bond donors (Lipinski definition) is 0. The normalized spacial score (nSPS) is 12.0. The quantitative estimate of drug-likeness (QED) is 0.233. The number of rotatable bonds is 0. The summed E-state index contributed by atoms with van der Waals surface area (Å²) in [6.07, 6.45) is 4.76. The first-order valence-electron chi connectivity index (χ1n) is 12.4. The van der Waals surface area contributed by atoms with Crippen molar-refractivity contribution in [3.05, 3.63) is 105 Å². The van der Waals surface area contributed by atoms with Gasteiger partial charge in [0, 0.05) is 85.4 Å². The molecule has 0 saturated carbocycles. The summed E-state index contributed by atoms with van der Waals surface area (Å²) < 4.78 is 0. The molecule has 42 heavy (non-hydrogen) atoms. The molecule has 3 heterocycles. The van der Waals surface area contributed by atoms with E-state index in [4.69, 9.17) is 0 Å². The van der Waals surface area contributed by atoms with Gasteiger partial charge in [-0.3, -0.25) is 15.0 Å². The van der Waals surface area contributed by atoms with Gasteiger partial charge in [0.2, 0.25) is 0 Å². The van der Waals surface area contributed by atoms with Crippen LogP contribution in [0, 0.1) is 68.0 Å². The second kappa shape index (κ2) is 8.68. The Kier molecular flexibility index (Phi) is 4.94. The lowest BCUT2D eigenvalue weighted by Crippen LogP contribution is -2.00. The first-order chi connectivity index (χ1) is 20.6. The Labute approximate surface area is 238 Å². The lowest BCUT2D eigenvalue weighted by Gasteiger charge is -2.17. The smallest absolute Gasteiger partial charge is 0.138 e. The van der Waals surface area contributed by atoms with Crippen molar-refractivity contribution in [2.24, 2.45) is 0 Å². The van der Waals surface area contributed by atoms with Gasteiger partial charge in [-0.25, -0.2) is 0 Å². The molecule has 0 atom stereocenters. The van der Waals surface area contributed by atoms with Crippen LogP contribution in [-0.4, -0.2) is 15.0 Å². The fraction of sp³-hybridized carbons (Fsp3) is 0. The summed E-state index contributed by atoms with van der Waals surface area (Å²) in [5.41, 5.74) is 6.35. The number of pyridine rings is 3. The van der Waals surface area contributed by atoms with Gasteiger partial charge < -0.3 is 0 Å². The molecule has 9 heteroatoms. The highest BCUT2D eigenvalue weighted by atomic mass is 14.7. The van der Waals surface area contributed by atoms with Crippen LogP contribution in [0.2, 0.25) is 0 Å². The summed E-state index contributed by atoms with van der Waals surface area (Å²) in [5.74, 6) is 0. The molecule has 0 bridgehead atoms. The zero-order valence-corrected chi connectivity index (χ0v) is 21.2. The number of aromatic nitrogens is 3. The molecule has 3 aliphatic carbocycles. The number of fused-ring (bicyclic) bond motifs is 12. The van der Waals surface area contributed by atoms with Crippen LogP contribution in [0.1, 0.15) is 33.4 Å². The minimum atomic E-state index is -0.166. The number of hydrogen-bond acceptors (Lipinski definition) is 9. The Balaban J connectivity index is 1.88. The van der Waals surface area contributed by atoms with Gasteiger partial charge in [-0.15, -0.1) is 0 Å². The Hall–Kier alpha value is -7.17. The maximum atomic E-state index is 10.1. The molecule has 1 aromatic carbocycles. The summed E-state index contributed by atoms with van der Waals surface area (Å²) in [7, 11) is 0. The van der Waals surface area contributed by atoms with E-state index in [9.17, 15) is 31.6 Å². The van der Waals surface area contributed by atoms with Crippen LogP contribution in [-0.2, 0) is 0 Å². The molecular formula is C33H9N9. The number of nitriles is 6. The van der Waals surface area contributed by atoms with Gasteiger partial charge >= 0.3 is 0 Å². The molecular weight excluding hydrogens is 522 g/mol. The molecule has 186 valence electrons. The van der Waals surface area contributed by atoms with Crippen molar-refractivity contribution in [2.75, 3.05) is 0 Å². The van der Waals surface area contributed by atoms with Crippen molar-refractivity contribution in [2.45, 2.75) is 0 Å². The van der Waals surface area contributed by atoms with E-state index in [0.29, 0.717) is 83.9 Å². The van der Waals surface area contributed by atoms with Crippen molar-refractivity contribution < 1.29 is 0 Å². The average Bonchev–Trinajstić information content (AvgIpc) is 3.66. The van der Waals surface area contributed by atoms with Crippen molar-refractivity contribution in [3.63, 3.8) is 0 Å². The molecule has 0 spiro atoms. The van der Waals surface area contributed by atoms with E-state index < -0.39 is 0 Å². The number of allylic oxidation sites excluding steroid dienone is 3. The summed E-state index contributed by atoms with van der Waals surface area (Å²) in [6, 6.07) is 22.4. The van der Waals surface area contributed by atoms with Gasteiger partial charge in [-0.1, -0.05) is 18.2 Å². The van der Waals surface area contributed by atoms with Gasteiger partial charge in [-0.05, 0) is 18.2 Å². The summed E-state index contributed by atoms with van der Waals surface area (Å²) in [4.78, 5) is 14.0. The average molecular weight is 531 g/mol. The van der Waals surface area contributed by atoms with Crippen LogP contribution in [0.4, 0.5) is 0 Å². The predicted molar refractivity (Wildman–Crippen MR) is 148 cm³/mol. The highest BCUT2D eigenvalue weighted by molar-refractivity contribution is 6.23. The van der Waals surface area contributed by atoms with Crippen molar-refractivity contribution in [1.82, 2.24) is 15.0 Å². The van der Waals surface area contributed by atoms with E-state index >= 15 is 0 Å². The molecule has 3 aromatic heterocycles. The van der Waals surface area contributed by atoms with E-state index in [1.54, 1.807) is 55.0 Å². The van der Waals surface area contributed by atoms with E-state index in [0.717, 1.165) is 0 Å². The number of nitrogens with zero attached hydrogens (tertiary/aromatic N) is 9. The molecule has 0 N–H and O–H groups in total. The SMILES string of the molecule is N#CC(C#N)=C1c2cccnc2-c2c1c1c(c3c2C(=C(C#N)C#N)c2cccnc2-3)C(=C(C#N)C#N)c2cccnc2-1. The molecule has 0 aliphatic heterocycles. The molecule has 0 radical (unpaired) electrons. The third-order valence-corrected chi connectivity index (χ3v) is 7.61. The van der Waals surface area contributed by atoms with Crippen LogP contribution < -0.4 is 0 Å². The molecule has 0 amide bonds. The van der Waals surface area contributed by atoms with Crippen LogP contribution in [0.3, 0.4) is 0 Å². The zero-order chi connectivity index (χ0) is 29.1. The molecule has 9 nitrogen and oxygen atoms in total.